The Morgan fingerprint density at radius 1 is 1.21 bits per heavy atom. The second-order valence-electron chi connectivity index (χ2n) is 6.49. The van der Waals surface area contributed by atoms with E-state index >= 15 is 0 Å². The number of rotatable bonds is 9. The summed E-state index contributed by atoms with van der Waals surface area (Å²) in [5, 5.41) is 2.89. The Kier molecular flexibility index (Phi) is 11.3. The van der Waals surface area contributed by atoms with E-state index in [1.807, 2.05) is 42.3 Å². The summed E-state index contributed by atoms with van der Waals surface area (Å²) in [7, 11) is 0. The number of anilines is 1. The van der Waals surface area contributed by atoms with Crippen LogP contribution in [-0.4, -0.2) is 79.0 Å². The average Bonchev–Trinajstić information content (AvgIpc) is 2.68. The molecule has 2 rings (SSSR count). The number of carbonyl (C=O) groups excluding carboxylic acids is 2. The first-order valence-corrected chi connectivity index (χ1v) is 10.7. The number of amides is 2. The number of piperazine rings is 1. The molecule has 28 heavy (non-hydrogen) atoms. The number of halogens is 1. The maximum atomic E-state index is 12.3. The molecule has 1 heterocycles. The van der Waals surface area contributed by atoms with Crippen molar-refractivity contribution in [3.05, 3.63) is 24.3 Å². The summed E-state index contributed by atoms with van der Waals surface area (Å²) in [6.07, 6.45) is 2.71. The predicted molar refractivity (Wildman–Crippen MR) is 117 cm³/mol. The van der Waals surface area contributed by atoms with Crippen LogP contribution in [0.3, 0.4) is 0 Å². The fourth-order valence-electron chi connectivity index (χ4n) is 2.93. The van der Waals surface area contributed by atoms with E-state index in [2.05, 4.69) is 10.2 Å². The fourth-order valence-corrected chi connectivity index (χ4v) is 3.42. The van der Waals surface area contributed by atoms with E-state index in [0.717, 1.165) is 17.2 Å². The molecule has 9 heteroatoms. The van der Waals surface area contributed by atoms with Gasteiger partial charge >= 0.3 is 0 Å². The molecule has 0 radical (unpaired) electrons. The molecule has 1 aliphatic heterocycles. The van der Waals surface area contributed by atoms with Crippen molar-refractivity contribution in [2.75, 3.05) is 56.7 Å². The van der Waals surface area contributed by atoms with Crippen molar-refractivity contribution in [2.45, 2.75) is 19.4 Å². The van der Waals surface area contributed by atoms with Gasteiger partial charge in [-0.25, -0.2) is 0 Å². The lowest BCUT2D eigenvalue weighted by molar-refractivity contribution is -0.134. The van der Waals surface area contributed by atoms with Crippen LogP contribution in [0.4, 0.5) is 5.69 Å². The lowest BCUT2D eigenvalue weighted by Crippen LogP contribution is -2.54. The van der Waals surface area contributed by atoms with Crippen molar-refractivity contribution in [1.29, 1.82) is 0 Å². The van der Waals surface area contributed by atoms with Crippen LogP contribution >= 0.6 is 24.2 Å². The van der Waals surface area contributed by atoms with Gasteiger partial charge in [0.05, 0.1) is 19.2 Å². The van der Waals surface area contributed by atoms with Crippen LogP contribution in [0.1, 0.15) is 13.3 Å². The Balaban J connectivity index is 0.00000392. The first kappa shape index (κ1) is 24.6. The van der Waals surface area contributed by atoms with Crippen LogP contribution in [0.2, 0.25) is 0 Å². The van der Waals surface area contributed by atoms with Crippen LogP contribution in [-0.2, 0) is 9.59 Å². The Labute approximate surface area is 177 Å². The molecular formula is C19H31ClN4O3S. The maximum absolute atomic E-state index is 12.3. The summed E-state index contributed by atoms with van der Waals surface area (Å²) in [4.78, 5) is 28.4. The van der Waals surface area contributed by atoms with Crippen molar-refractivity contribution < 1.29 is 14.3 Å². The van der Waals surface area contributed by atoms with Gasteiger partial charge < -0.3 is 20.7 Å². The topological polar surface area (TPSA) is 87.9 Å². The van der Waals surface area contributed by atoms with Gasteiger partial charge in [0.15, 0.2) is 0 Å². The number of hydrogen-bond donors (Lipinski definition) is 2. The summed E-state index contributed by atoms with van der Waals surface area (Å²) >= 11 is 1.69. The molecule has 0 saturated carbocycles. The predicted octanol–water partition coefficient (Wildman–Crippen LogP) is 1.67. The first-order valence-electron chi connectivity index (χ1n) is 9.32. The maximum Gasteiger partial charge on any atom is 0.239 e. The van der Waals surface area contributed by atoms with E-state index in [1.165, 1.54) is 0 Å². The Bertz CT molecular complexity index is 610. The molecule has 1 aromatic rings. The van der Waals surface area contributed by atoms with E-state index in [-0.39, 0.29) is 24.2 Å². The Morgan fingerprint density at radius 3 is 2.43 bits per heavy atom. The molecule has 1 fully saturated rings. The Morgan fingerprint density at radius 2 is 1.86 bits per heavy atom. The minimum Gasteiger partial charge on any atom is -0.494 e. The van der Waals surface area contributed by atoms with Gasteiger partial charge in [-0.1, -0.05) is 0 Å². The molecule has 0 bridgehead atoms. The molecule has 1 aromatic carbocycles. The molecule has 7 nitrogen and oxygen atoms in total. The molecular weight excluding hydrogens is 400 g/mol. The van der Waals surface area contributed by atoms with Gasteiger partial charge in [-0.3, -0.25) is 14.5 Å². The highest BCUT2D eigenvalue weighted by atomic mass is 35.5. The third kappa shape index (κ3) is 7.87. The number of nitrogens with one attached hydrogen (secondary N) is 1. The van der Waals surface area contributed by atoms with Crippen LogP contribution in [0.15, 0.2) is 24.3 Å². The number of ether oxygens (including phenoxy) is 1. The molecule has 158 valence electrons. The van der Waals surface area contributed by atoms with Crippen LogP contribution in [0.5, 0.6) is 5.75 Å². The average molecular weight is 431 g/mol. The summed E-state index contributed by atoms with van der Waals surface area (Å²) in [5.74, 6) is 1.63. The summed E-state index contributed by atoms with van der Waals surface area (Å²) in [5.41, 5.74) is 6.72. The number of hydrogen-bond acceptors (Lipinski definition) is 6. The first-order chi connectivity index (χ1) is 13.0. The van der Waals surface area contributed by atoms with Gasteiger partial charge in [0.1, 0.15) is 5.75 Å². The van der Waals surface area contributed by atoms with E-state index in [0.29, 0.717) is 45.8 Å². The molecule has 1 aliphatic rings. The fraction of sp³-hybridized carbons (Fsp3) is 0.579. The lowest BCUT2D eigenvalue weighted by atomic mass is 10.2. The van der Waals surface area contributed by atoms with Crippen molar-refractivity contribution in [1.82, 2.24) is 9.80 Å². The molecule has 1 unspecified atom stereocenters. The summed E-state index contributed by atoms with van der Waals surface area (Å²) in [6.45, 7) is 5.44. The minimum absolute atomic E-state index is 0. The highest BCUT2D eigenvalue weighted by Crippen LogP contribution is 2.15. The molecule has 0 aliphatic carbocycles. The largest absolute Gasteiger partial charge is 0.494 e. The normalized spacial score (nSPS) is 15.5. The number of nitrogens with two attached hydrogens (primary N) is 1. The van der Waals surface area contributed by atoms with E-state index in [1.54, 1.807) is 11.8 Å². The number of carbonyl (C=O) groups is 2. The molecule has 0 spiro atoms. The minimum atomic E-state index is -0.424. The molecule has 0 aromatic heterocycles. The molecule has 3 N–H and O–H groups in total. The number of thioether (sulfide) groups is 1. The standard InChI is InChI=1S/C19H30N4O3S.ClH/c1-3-26-16-6-4-15(5-7-16)21-18(24)14-22-9-11-23(12-10-22)19(25)17(20)8-13-27-2;/h4-7,17H,3,8-14,20H2,1-2H3,(H,21,24);1H. The molecule has 2 amide bonds. The van der Waals surface area contributed by atoms with Gasteiger partial charge in [0, 0.05) is 31.9 Å². The van der Waals surface area contributed by atoms with Crippen LogP contribution in [0.25, 0.3) is 0 Å². The van der Waals surface area contributed by atoms with E-state index < -0.39 is 6.04 Å². The second-order valence-corrected chi connectivity index (χ2v) is 7.48. The van der Waals surface area contributed by atoms with Crippen molar-refractivity contribution in [3.8, 4) is 5.75 Å². The summed E-state index contributed by atoms with van der Waals surface area (Å²) < 4.78 is 5.39. The number of nitrogens with zero attached hydrogens (tertiary/aromatic N) is 2. The van der Waals surface area contributed by atoms with Gasteiger partial charge in [0.25, 0.3) is 0 Å². The number of benzene rings is 1. The summed E-state index contributed by atoms with van der Waals surface area (Å²) in [6, 6.07) is 6.91. The zero-order chi connectivity index (χ0) is 19.6. The Hall–Kier alpha value is -1.48. The highest BCUT2D eigenvalue weighted by Gasteiger charge is 2.25. The second kappa shape index (κ2) is 12.9. The van der Waals surface area contributed by atoms with Crippen molar-refractivity contribution >= 4 is 41.7 Å². The quantitative estimate of drug-likeness (QED) is 0.619. The van der Waals surface area contributed by atoms with E-state index in [9.17, 15) is 9.59 Å². The van der Waals surface area contributed by atoms with Gasteiger partial charge in [-0.2, -0.15) is 11.8 Å². The third-order valence-electron chi connectivity index (χ3n) is 4.45. The molecule has 1 saturated heterocycles. The highest BCUT2D eigenvalue weighted by molar-refractivity contribution is 7.98. The van der Waals surface area contributed by atoms with Crippen LogP contribution in [0, 0.1) is 0 Å². The smallest absolute Gasteiger partial charge is 0.239 e. The third-order valence-corrected chi connectivity index (χ3v) is 5.09. The van der Waals surface area contributed by atoms with Gasteiger partial charge in [0.2, 0.25) is 11.8 Å². The molecule has 1 atom stereocenters. The van der Waals surface area contributed by atoms with Gasteiger partial charge in [-0.05, 0) is 49.6 Å². The van der Waals surface area contributed by atoms with Crippen molar-refractivity contribution in [3.63, 3.8) is 0 Å². The lowest BCUT2D eigenvalue weighted by Gasteiger charge is -2.35. The monoisotopic (exact) mass is 430 g/mol. The van der Waals surface area contributed by atoms with Gasteiger partial charge in [-0.15, -0.1) is 12.4 Å². The zero-order valence-electron chi connectivity index (χ0n) is 16.6. The van der Waals surface area contributed by atoms with Crippen molar-refractivity contribution in [2.24, 2.45) is 5.73 Å². The SMILES string of the molecule is CCOc1ccc(NC(=O)CN2CCN(C(=O)C(N)CCSC)CC2)cc1.Cl. The van der Waals surface area contributed by atoms with Crippen LogP contribution < -0.4 is 15.8 Å². The van der Waals surface area contributed by atoms with E-state index in [4.69, 9.17) is 10.5 Å². The zero-order valence-corrected chi connectivity index (χ0v) is 18.2.